The van der Waals surface area contributed by atoms with E-state index in [1.807, 2.05) is 44.2 Å². The summed E-state index contributed by atoms with van der Waals surface area (Å²) in [5.74, 6) is 2.10. The molecule has 1 fully saturated rings. The topological polar surface area (TPSA) is 52.8 Å². The molecule has 1 aromatic carbocycles. The molecule has 28 heavy (non-hydrogen) atoms. The summed E-state index contributed by atoms with van der Waals surface area (Å²) in [5, 5.41) is 0. The van der Waals surface area contributed by atoms with Crippen LogP contribution in [0.3, 0.4) is 0 Å². The molecule has 0 atom stereocenters. The maximum atomic E-state index is 12.8. The molecule has 0 amide bonds. The molecule has 4 rings (SSSR count). The SMILES string of the molecule is COc1cccc(C=Cc2nc3sc(C)c(C)n3c(=O)c2I)c1OCC1CC1. The van der Waals surface area contributed by atoms with E-state index in [0.717, 1.165) is 26.8 Å². The molecule has 146 valence electrons. The Bertz CT molecular complexity index is 1130. The number of ether oxygens (including phenoxy) is 2. The van der Waals surface area contributed by atoms with Gasteiger partial charge in [-0.3, -0.25) is 9.20 Å². The number of methoxy groups -OCH3 is 1. The number of hydrogen-bond donors (Lipinski definition) is 0. The van der Waals surface area contributed by atoms with Gasteiger partial charge in [-0.15, -0.1) is 11.3 Å². The second-order valence-electron chi connectivity index (χ2n) is 6.94. The van der Waals surface area contributed by atoms with E-state index in [2.05, 4.69) is 22.6 Å². The van der Waals surface area contributed by atoms with Gasteiger partial charge in [0.25, 0.3) is 5.56 Å². The van der Waals surface area contributed by atoms with Crippen LogP contribution in [0.15, 0.2) is 23.0 Å². The number of aromatic nitrogens is 2. The van der Waals surface area contributed by atoms with Gasteiger partial charge in [0.2, 0.25) is 0 Å². The average Bonchev–Trinajstić information content (AvgIpc) is 3.47. The Kier molecular flexibility index (Phi) is 5.46. The molecule has 2 heterocycles. The smallest absolute Gasteiger partial charge is 0.272 e. The quantitative estimate of drug-likeness (QED) is 0.443. The molecule has 3 aromatic rings. The van der Waals surface area contributed by atoms with Crippen LogP contribution >= 0.6 is 33.9 Å². The molecule has 0 aliphatic heterocycles. The second-order valence-corrected chi connectivity index (χ2v) is 9.20. The first-order chi connectivity index (χ1) is 13.5. The van der Waals surface area contributed by atoms with Gasteiger partial charge in [-0.1, -0.05) is 12.1 Å². The zero-order valence-electron chi connectivity index (χ0n) is 16.0. The van der Waals surface area contributed by atoms with E-state index < -0.39 is 0 Å². The van der Waals surface area contributed by atoms with Gasteiger partial charge in [-0.25, -0.2) is 4.98 Å². The maximum Gasteiger partial charge on any atom is 0.272 e. The Morgan fingerprint density at radius 2 is 2.11 bits per heavy atom. The lowest BCUT2D eigenvalue weighted by atomic mass is 10.1. The summed E-state index contributed by atoms with van der Waals surface area (Å²) in [7, 11) is 1.65. The predicted octanol–water partition coefficient (Wildman–Crippen LogP) is 4.95. The molecule has 0 radical (unpaired) electrons. The number of fused-ring (bicyclic) bond motifs is 1. The first-order valence-corrected chi connectivity index (χ1v) is 11.0. The van der Waals surface area contributed by atoms with Crippen molar-refractivity contribution in [2.45, 2.75) is 26.7 Å². The first kappa shape index (κ1) is 19.4. The number of para-hydroxylation sites is 1. The lowest BCUT2D eigenvalue weighted by Crippen LogP contribution is -2.19. The van der Waals surface area contributed by atoms with Gasteiger partial charge < -0.3 is 9.47 Å². The van der Waals surface area contributed by atoms with Gasteiger partial charge in [0.05, 0.1) is 19.4 Å². The largest absolute Gasteiger partial charge is 0.493 e. The number of hydrogen-bond acceptors (Lipinski definition) is 5. The fraction of sp³-hybridized carbons (Fsp3) is 0.333. The van der Waals surface area contributed by atoms with Gasteiger partial charge >= 0.3 is 0 Å². The third kappa shape index (κ3) is 3.69. The summed E-state index contributed by atoms with van der Waals surface area (Å²) >= 11 is 3.61. The summed E-state index contributed by atoms with van der Waals surface area (Å²) in [6.45, 7) is 4.67. The van der Waals surface area contributed by atoms with Crippen molar-refractivity contribution < 1.29 is 9.47 Å². The zero-order chi connectivity index (χ0) is 19.8. The van der Waals surface area contributed by atoms with Crippen LogP contribution in [0.1, 0.15) is 34.7 Å². The Hall–Kier alpha value is -1.87. The van der Waals surface area contributed by atoms with Crippen molar-refractivity contribution in [2.24, 2.45) is 5.92 Å². The molecule has 1 aliphatic carbocycles. The van der Waals surface area contributed by atoms with Crippen LogP contribution in [0.5, 0.6) is 11.5 Å². The molecule has 2 aromatic heterocycles. The second kappa shape index (κ2) is 7.87. The Morgan fingerprint density at radius 3 is 2.82 bits per heavy atom. The molecule has 0 N–H and O–H groups in total. The van der Waals surface area contributed by atoms with Gasteiger partial charge in [0.1, 0.15) is 3.57 Å². The van der Waals surface area contributed by atoms with E-state index in [9.17, 15) is 4.79 Å². The Morgan fingerprint density at radius 1 is 1.32 bits per heavy atom. The van der Waals surface area contributed by atoms with E-state index >= 15 is 0 Å². The highest BCUT2D eigenvalue weighted by molar-refractivity contribution is 14.1. The molecule has 1 saturated carbocycles. The summed E-state index contributed by atoms with van der Waals surface area (Å²) in [6, 6.07) is 5.82. The molecule has 0 saturated heterocycles. The van der Waals surface area contributed by atoms with Crippen molar-refractivity contribution in [1.29, 1.82) is 0 Å². The van der Waals surface area contributed by atoms with Gasteiger partial charge in [-0.2, -0.15) is 0 Å². The van der Waals surface area contributed by atoms with Crippen molar-refractivity contribution in [2.75, 3.05) is 13.7 Å². The van der Waals surface area contributed by atoms with E-state index in [0.29, 0.717) is 27.5 Å². The van der Waals surface area contributed by atoms with Gasteiger partial charge in [0.15, 0.2) is 16.5 Å². The van der Waals surface area contributed by atoms with Crippen molar-refractivity contribution in [3.63, 3.8) is 0 Å². The Labute approximate surface area is 181 Å². The molecular weight excluding hydrogens is 487 g/mol. The minimum Gasteiger partial charge on any atom is -0.493 e. The van der Waals surface area contributed by atoms with E-state index in [1.165, 1.54) is 24.2 Å². The standard InChI is InChI=1S/C21H21IN2O3S/c1-12-13(2)28-21-23-16(18(22)20(25)24(12)21)10-9-15-5-4-6-17(26-3)19(15)27-11-14-7-8-14/h4-6,9-10,14H,7-8,11H2,1-3H3. The fourth-order valence-electron chi connectivity index (χ4n) is 2.97. The van der Waals surface area contributed by atoms with Crippen LogP contribution in [0, 0.1) is 23.3 Å². The molecular formula is C21H21IN2O3S. The number of nitrogens with zero attached hydrogens (tertiary/aromatic N) is 2. The molecule has 0 bridgehead atoms. The lowest BCUT2D eigenvalue weighted by molar-refractivity contribution is 0.280. The molecule has 7 heteroatoms. The number of rotatable bonds is 6. The lowest BCUT2D eigenvalue weighted by Gasteiger charge is -2.13. The predicted molar refractivity (Wildman–Crippen MR) is 122 cm³/mol. The summed E-state index contributed by atoms with van der Waals surface area (Å²) in [4.78, 5) is 19.3. The van der Waals surface area contributed by atoms with Crippen LogP contribution in [0.2, 0.25) is 0 Å². The van der Waals surface area contributed by atoms with Crippen molar-refractivity contribution in [1.82, 2.24) is 9.38 Å². The summed E-state index contributed by atoms with van der Waals surface area (Å²) in [6.07, 6.45) is 6.28. The average molecular weight is 508 g/mol. The summed E-state index contributed by atoms with van der Waals surface area (Å²) < 4.78 is 13.8. The van der Waals surface area contributed by atoms with E-state index in [-0.39, 0.29) is 5.56 Å². The third-order valence-corrected chi connectivity index (χ3v) is 6.99. The van der Waals surface area contributed by atoms with Crippen molar-refractivity contribution in [3.8, 4) is 11.5 Å². The van der Waals surface area contributed by atoms with Gasteiger partial charge in [-0.05, 0) is 73.4 Å². The monoisotopic (exact) mass is 508 g/mol. The van der Waals surface area contributed by atoms with Crippen LogP contribution in [0.4, 0.5) is 0 Å². The molecule has 5 nitrogen and oxygen atoms in total. The highest BCUT2D eigenvalue weighted by Gasteiger charge is 2.23. The summed E-state index contributed by atoms with van der Waals surface area (Å²) in [5.41, 5.74) is 2.51. The number of thiazole rings is 1. The maximum absolute atomic E-state index is 12.8. The first-order valence-electron chi connectivity index (χ1n) is 9.15. The van der Waals surface area contributed by atoms with Crippen LogP contribution < -0.4 is 15.0 Å². The fourth-order valence-corrected chi connectivity index (χ4v) is 4.48. The molecule has 0 unspecified atom stereocenters. The number of benzene rings is 1. The zero-order valence-corrected chi connectivity index (χ0v) is 19.0. The number of aryl methyl sites for hydroxylation is 2. The van der Waals surface area contributed by atoms with E-state index in [4.69, 9.17) is 14.5 Å². The van der Waals surface area contributed by atoms with Gasteiger partial charge in [0, 0.05) is 16.1 Å². The molecule has 0 spiro atoms. The normalized spacial score (nSPS) is 14.1. The van der Waals surface area contributed by atoms with Crippen LogP contribution in [-0.4, -0.2) is 23.1 Å². The minimum atomic E-state index is -0.0250. The Balaban J connectivity index is 1.73. The number of halogens is 1. The molecule has 1 aliphatic rings. The minimum absolute atomic E-state index is 0.0250. The highest BCUT2D eigenvalue weighted by atomic mass is 127. The highest BCUT2D eigenvalue weighted by Crippen LogP contribution is 2.36. The van der Waals surface area contributed by atoms with E-state index in [1.54, 1.807) is 11.5 Å². The van der Waals surface area contributed by atoms with Crippen LogP contribution in [0.25, 0.3) is 17.1 Å². The van der Waals surface area contributed by atoms with Crippen LogP contribution in [-0.2, 0) is 0 Å². The van der Waals surface area contributed by atoms with Crippen molar-refractivity contribution in [3.05, 3.63) is 54.0 Å². The van der Waals surface area contributed by atoms with Crippen molar-refractivity contribution >= 4 is 51.0 Å². The third-order valence-electron chi connectivity index (χ3n) is 4.92.